The van der Waals surface area contributed by atoms with Crippen molar-refractivity contribution in [3.8, 4) is 0 Å². The van der Waals surface area contributed by atoms with Gasteiger partial charge in [-0.1, -0.05) is 24.3 Å². The fraction of sp³-hybridized carbons (Fsp3) is 0.300. The predicted octanol–water partition coefficient (Wildman–Crippen LogP) is 3.08. The fourth-order valence-electron chi connectivity index (χ4n) is 3.48. The van der Waals surface area contributed by atoms with Gasteiger partial charge in [-0.25, -0.2) is 4.68 Å². The van der Waals surface area contributed by atoms with Gasteiger partial charge < -0.3 is 10.1 Å². The van der Waals surface area contributed by atoms with Crippen molar-refractivity contribution in [2.75, 3.05) is 17.7 Å². The molecule has 7 nitrogen and oxygen atoms in total. The highest BCUT2D eigenvalue weighted by atomic mass is 32.2. The number of hydrogen-bond acceptors (Lipinski definition) is 6. The number of hydrogen-bond donors (Lipinski definition) is 1. The van der Waals surface area contributed by atoms with Crippen LogP contribution in [0.1, 0.15) is 29.0 Å². The lowest BCUT2D eigenvalue weighted by Gasteiger charge is -2.17. The zero-order chi connectivity index (χ0) is 19.7. The van der Waals surface area contributed by atoms with Crippen LogP contribution >= 0.6 is 11.8 Å². The summed E-state index contributed by atoms with van der Waals surface area (Å²) in [5.74, 6) is 0.356. The molecule has 0 radical (unpaired) electrons. The van der Waals surface area contributed by atoms with Gasteiger partial charge in [0.15, 0.2) is 0 Å². The molecule has 3 heterocycles. The monoisotopic (exact) mass is 396 g/mol. The van der Waals surface area contributed by atoms with Crippen LogP contribution in [0.4, 0.5) is 5.82 Å². The molecule has 0 unspecified atom stereocenters. The molecule has 1 amide bonds. The lowest BCUT2D eigenvalue weighted by Crippen LogP contribution is -2.20. The molecule has 0 saturated carbocycles. The number of ether oxygens (including phenoxy) is 1. The van der Waals surface area contributed by atoms with E-state index in [0.29, 0.717) is 18.2 Å². The fourth-order valence-corrected chi connectivity index (χ4v) is 4.69. The first kappa shape index (κ1) is 18.5. The number of aromatic nitrogens is 3. The number of carbonyl (C=O) groups is 2. The first-order valence-electron chi connectivity index (χ1n) is 9.06. The first-order chi connectivity index (χ1) is 13.6. The van der Waals surface area contributed by atoms with E-state index in [2.05, 4.69) is 15.4 Å². The zero-order valence-electron chi connectivity index (χ0n) is 15.6. The second-order valence-electron chi connectivity index (χ2n) is 6.47. The predicted molar refractivity (Wildman–Crippen MR) is 108 cm³/mol. The van der Waals surface area contributed by atoms with Crippen LogP contribution in [-0.4, -0.2) is 39.0 Å². The molecule has 1 N–H and O–H groups in total. The number of thioether (sulfide) groups is 1. The summed E-state index contributed by atoms with van der Waals surface area (Å²) in [7, 11) is 0. The van der Waals surface area contributed by atoms with E-state index >= 15 is 0 Å². The molecule has 28 heavy (non-hydrogen) atoms. The highest BCUT2D eigenvalue weighted by Crippen LogP contribution is 2.44. The Kier molecular flexibility index (Phi) is 5.04. The smallest absolute Gasteiger partial charge is 0.327 e. The molecule has 2 aromatic heterocycles. The molecule has 1 aliphatic rings. The maximum absolute atomic E-state index is 12.4. The Labute approximate surface area is 166 Å². The normalized spacial score (nSPS) is 16.4. The van der Waals surface area contributed by atoms with Crippen LogP contribution < -0.4 is 5.32 Å². The second-order valence-corrected chi connectivity index (χ2v) is 7.57. The molecule has 0 bridgehead atoms. The van der Waals surface area contributed by atoms with E-state index in [4.69, 9.17) is 4.74 Å². The topological polar surface area (TPSA) is 86.1 Å². The summed E-state index contributed by atoms with van der Waals surface area (Å²) < 4.78 is 6.57. The average Bonchev–Trinajstić information content (AvgIpc) is 2.86. The number of carbonyl (C=O) groups excluding carboxylic acids is 2. The lowest BCUT2D eigenvalue weighted by molar-refractivity contribution is -0.144. The zero-order valence-corrected chi connectivity index (χ0v) is 16.5. The number of para-hydroxylation sites is 1. The SMILES string of the molecule is CCOC(=O)Cn1nc(C)c2c1NC(=O)CS[C@@H]2c1cccc2cccnc12. The van der Waals surface area contributed by atoms with Crippen molar-refractivity contribution in [1.82, 2.24) is 14.8 Å². The minimum atomic E-state index is -0.387. The Morgan fingerprint density at radius 1 is 1.36 bits per heavy atom. The molecule has 0 spiro atoms. The van der Waals surface area contributed by atoms with Crippen LogP contribution in [-0.2, 0) is 20.9 Å². The summed E-state index contributed by atoms with van der Waals surface area (Å²) in [6.45, 7) is 3.90. The molecular formula is C20H20N4O3S. The Balaban J connectivity index is 1.84. The maximum Gasteiger partial charge on any atom is 0.327 e. The minimum absolute atomic E-state index is 0.0462. The summed E-state index contributed by atoms with van der Waals surface area (Å²) in [4.78, 5) is 28.9. The first-order valence-corrected chi connectivity index (χ1v) is 10.1. The number of aryl methyl sites for hydroxylation is 1. The molecule has 8 heteroatoms. The van der Waals surface area contributed by atoms with E-state index in [9.17, 15) is 9.59 Å². The van der Waals surface area contributed by atoms with Gasteiger partial charge in [0.05, 0.1) is 28.8 Å². The molecule has 4 rings (SSSR count). The van der Waals surface area contributed by atoms with Gasteiger partial charge in [-0.15, -0.1) is 11.8 Å². The summed E-state index contributed by atoms with van der Waals surface area (Å²) >= 11 is 1.54. The van der Waals surface area contributed by atoms with E-state index in [1.807, 2.05) is 37.3 Å². The van der Waals surface area contributed by atoms with E-state index in [1.54, 1.807) is 13.1 Å². The molecule has 3 aromatic rings. The van der Waals surface area contributed by atoms with Gasteiger partial charge in [-0.2, -0.15) is 5.10 Å². The highest BCUT2D eigenvalue weighted by molar-refractivity contribution is 8.00. The van der Waals surface area contributed by atoms with Gasteiger partial charge in [-0.3, -0.25) is 14.6 Å². The van der Waals surface area contributed by atoms with E-state index in [-0.39, 0.29) is 23.7 Å². The third-order valence-corrected chi connectivity index (χ3v) is 5.86. The van der Waals surface area contributed by atoms with Crippen LogP contribution in [0.3, 0.4) is 0 Å². The third kappa shape index (κ3) is 3.35. The lowest BCUT2D eigenvalue weighted by atomic mass is 10.0. The number of rotatable bonds is 4. The van der Waals surface area contributed by atoms with Crippen LogP contribution in [0, 0.1) is 6.92 Å². The van der Waals surface area contributed by atoms with Crippen LogP contribution in [0.25, 0.3) is 10.9 Å². The Morgan fingerprint density at radius 2 is 2.18 bits per heavy atom. The van der Waals surface area contributed by atoms with Gasteiger partial charge in [0.1, 0.15) is 12.4 Å². The van der Waals surface area contributed by atoms with E-state index < -0.39 is 0 Å². The number of esters is 1. The van der Waals surface area contributed by atoms with Gasteiger partial charge >= 0.3 is 5.97 Å². The van der Waals surface area contributed by atoms with Crippen molar-refractivity contribution >= 4 is 40.4 Å². The maximum atomic E-state index is 12.4. The molecule has 0 saturated heterocycles. The molecule has 0 fully saturated rings. The molecule has 144 valence electrons. The third-order valence-electron chi connectivity index (χ3n) is 4.61. The van der Waals surface area contributed by atoms with Crippen LogP contribution in [0.2, 0.25) is 0 Å². The molecular weight excluding hydrogens is 376 g/mol. The number of benzene rings is 1. The number of anilines is 1. The highest BCUT2D eigenvalue weighted by Gasteiger charge is 2.31. The quantitative estimate of drug-likeness (QED) is 0.682. The van der Waals surface area contributed by atoms with E-state index in [1.165, 1.54) is 16.4 Å². The van der Waals surface area contributed by atoms with Crippen molar-refractivity contribution in [3.63, 3.8) is 0 Å². The van der Waals surface area contributed by atoms with Crippen molar-refractivity contribution in [3.05, 3.63) is 53.3 Å². The Morgan fingerprint density at radius 3 is 3.00 bits per heavy atom. The van der Waals surface area contributed by atoms with E-state index in [0.717, 1.165) is 27.7 Å². The number of amides is 1. The number of nitrogens with one attached hydrogen (secondary N) is 1. The average molecular weight is 396 g/mol. The summed E-state index contributed by atoms with van der Waals surface area (Å²) in [6, 6.07) is 9.99. The van der Waals surface area contributed by atoms with Crippen molar-refractivity contribution in [2.45, 2.75) is 25.6 Å². The Bertz CT molecular complexity index is 1060. The van der Waals surface area contributed by atoms with Crippen LogP contribution in [0.15, 0.2) is 36.5 Å². The standard InChI is InChI=1S/C20H20N4O3S/c1-3-27-16(26)10-24-20-17(12(2)23-24)19(28-11-15(25)22-20)14-8-4-6-13-7-5-9-21-18(13)14/h4-9,19H,3,10-11H2,1-2H3,(H,22,25)/t19-/m1/s1. The largest absolute Gasteiger partial charge is 0.465 e. The number of fused-ring (bicyclic) bond motifs is 2. The van der Waals surface area contributed by atoms with Gasteiger partial charge in [0.2, 0.25) is 5.91 Å². The van der Waals surface area contributed by atoms with Gasteiger partial charge in [0.25, 0.3) is 0 Å². The molecule has 0 aliphatic carbocycles. The number of nitrogens with zero attached hydrogens (tertiary/aromatic N) is 3. The molecule has 1 atom stereocenters. The van der Waals surface area contributed by atoms with Crippen LogP contribution in [0.5, 0.6) is 0 Å². The van der Waals surface area contributed by atoms with Gasteiger partial charge in [0, 0.05) is 17.1 Å². The van der Waals surface area contributed by atoms with Crippen molar-refractivity contribution < 1.29 is 14.3 Å². The van der Waals surface area contributed by atoms with Crippen molar-refractivity contribution in [2.24, 2.45) is 0 Å². The summed E-state index contributed by atoms with van der Waals surface area (Å²) in [5, 5.41) is 8.36. The summed E-state index contributed by atoms with van der Waals surface area (Å²) in [6.07, 6.45) is 1.77. The van der Waals surface area contributed by atoms with Gasteiger partial charge in [-0.05, 0) is 25.5 Å². The summed E-state index contributed by atoms with van der Waals surface area (Å²) in [5.41, 5.74) is 3.60. The molecule has 1 aromatic carbocycles. The molecule has 1 aliphatic heterocycles. The second kappa shape index (κ2) is 7.63. The van der Waals surface area contributed by atoms with Crippen molar-refractivity contribution in [1.29, 1.82) is 0 Å². The Hall–Kier alpha value is -2.87. The minimum Gasteiger partial charge on any atom is -0.465 e. The number of pyridine rings is 1.